The van der Waals surface area contributed by atoms with E-state index in [1.54, 1.807) is 0 Å². The number of halogens is 3. The Kier molecular flexibility index (Phi) is 2.23. The van der Waals surface area contributed by atoms with E-state index in [1.807, 2.05) is 6.07 Å². The number of fused-ring (bicyclic) bond motifs is 1. The Morgan fingerprint density at radius 3 is 2.69 bits per heavy atom. The number of H-pyrrole nitrogens is 1. The molecule has 0 atom stereocenters. The Morgan fingerprint density at radius 1 is 1.31 bits per heavy atom. The highest BCUT2D eigenvalue weighted by molar-refractivity contribution is 5.86. The van der Waals surface area contributed by atoms with Crippen LogP contribution in [0.3, 0.4) is 0 Å². The SMILES string of the molecule is N#Cc1c[nH]c2cc(OC(F)(F)F)ccc12. The molecule has 2 rings (SSSR count). The second-order valence-corrected chi connectivity index (χ2v) is 3.07. The van der Waals surface area contributed by atoms with E-state index in [2.05, 4.69) is 9.72 Å². The van der Waals surface area contributed by atoms with Crippen molar-refractivity contribution in [3.05, 3.63) is 30.0 Å². The van der Waals surface area contributed by atoms with Gasteiger partial charge in [0.2, 0.25) is 0 Å². The molecule has 1 aromatic carbocycles. The first kappa shape index (κ1) is 10.4. The average Bonchev–Trinajstić information content (AvgIpc) is 2.57. The Balaban J connectivity index is 2.43. The lowest BCUT2D eigenvalue weighted by Crippen LogP contribution is -2.16. The lowest BCUT2D eigenvalue weighted by Gasteiger charge is -2.08. The molecule has 82 valence electrons. The molecule has 1 aromatic heterocycles. The van der Waals surface area contributed by atoms with Crippen LogP contribution in [0.2, 0.25) is 0 Å². The molecular weight excluding hydrogens is 221 g/mol. The van der Waals surface area contributed by atoms with Gasteiger partial charge < -0.3 is 9.72 Å². The smallest absolute Gasteiger partial charge is 0.406 e. The van der Waals surface area contributed by atoms with Crippen LogP contribution in [0.5, 0.6) is 5.75 Å². The third kappa shape index (κ3) is 1.93. The van der Waals surface area contributed by atoms with Crippen LogP contribution < -0.4 is 4.74 Å². The minimum Gasteiger partial charge on any atom is -0.406 e. The molecule has 0 bridgehead atoms. The first-order chi connectivity index (χ1) is 7.49. The second kappa shape index (κ2) is 3.45. The van der Waals surface area contributed by atoms with Crippen molar-refractivity contribution in [2.45, 2.75) is 6.36 Å². The van der Waals surface area contributed by atoms with Gasteiger partial charge in [-0.05, 0) is 12.1 Å². The number of aromatic nitrogens is 1. The highest BCUT2D eigenvalue weighted by Crippen LogP contribution is 2.27. The predicted molar refractivity (Wildman–Crippen MR) is 49.7 cm³/mol. The molecule has 0 spiro atoms. The van der Waals surface area contributed by atoms with Gasteiger partial charge in [-0.3, -0.25) is 0 Å². The van der Waals surface area contributed by atoms with Crippen LogP contribution in [-0.4, -0.2) is 11.3 Å². The standard InChI is InChI=1S/C10H5F3N2O/c11-10(12,13)16-7-1-2-8-6(4-14)5-15-9(8)3-7/h1-3,5,15H. The molecule has 0 radical (unpaired) electrons. The number of aromatic amines is 1. The minimum atomic E-state index is -4.71. The number of rotatable bonds is 1. The monoisotopic (exact) mass is 226 g/mol. The largest absolute Gasteiger partial charge is 0.573 e. The summed E-state index contributed by atoms with van der Waals surface area (Å²) in [5, 5.41) is 9.27. The highest BCUT2D eigenvalue weighted by atomic mass is 19.4. The molecular formula is C10H5F3N2O. The molecule has 1 heterocycles. The maximum Gasteiger partial charge on any atom is 0.573 e. The summed E-state index contributed by atoms with van der Waals surface area (Å²) in [6.07, 6.45) is -3.28. The number of alkyl halides is 3. The summed E-state index contributed by atoms with van der Waals surface area (Å²) < 4.78 is 39.5. The lowest BCUT2D eigenvalue weighted by molar-refractivity contribution is -0.274. The van der Waals surface area contributed by atoms with Crippen molar-refractivity contribution in [2.75, 3.05) is 0 Å². The van der Waals surface area contributed by atoms with Crippen LogP contribution in [-0.2, 0) is 0 Å². The first-order valence-electron chi connectivity index (χ1n) is 4.26. The summed E-state index contributed by atoms with van der Waals surface area (Å²) in [6.45, 7) is 0. The molecule has 0 aliphatic heterocycles. The van der Waals surface area contributed by atoms with E-state index in [-0.39, 0.29) is 5.75 Å². The van der Waals surface area contributed by atoms with Gasteiger partial charge in [0, 0.05) is 17.6 Å². The van der Waals surface area contributed by atoms with Gasteiger partial charge in [-0.15, -0.1) is 13.2 Å². The van der Waals surface area contributed by atoms with E-state index >= 15 is 0 Å². The normalized spacial score (nSPS) is 11.4. The number of nitrogens with zero attached hydrogens (tertiary/aromatic N) is 1. The summed E-state index contributed by atoms with van der Waals surface area (Å²) in [4.78, 5) is 2.70. The molecule has 0 saturated carbocycles. The van der Waals surface area contributed by atoms with Crippen LogP contribution in [0.15, 0.2) is 24.4 Å². The van der Waals surface area contributed by atoms with Crippen LogP contribution >= 0.6 is 0 Å². The van der Waals surface area contributed by atoms with Gasteiger partial charge in [-0.2, -0.15) is 5.26 Å². The van der Waals surface area contributed by atoms with Crippen LogP contribution in [0.4, 0.5) is 13.2 Å². The van der Waals surface area contributed by atoms with Crippen molar-refractivity contribution in [2.24, 2.45) is 0 Å². The van der Waals surface area contributed by atoms with Gasteiger partial charge in [-0.25, -0.2) is 0 Å². The van der Waals surface area contributed by atoms with Gasteiger partial charge in [-0.1, -0.05) is 0 Å². The van der Waals surface area contributed by atoms with E-state index in [0.29, 0.717) is 16.5 Å². The van der Waals surface area contributed by atoms with E-state index in [9.17, 15) is 13.2 Å². The fourth-order valence-corrected chi connectivity index (χ4v) is 1.39. The van der Waals surface area contributed by atoms with Gasteiger partial charge >= 0.3 is 6.36 Å². The second-order valence-electron chi connectivity index (χ2n) is 3.07. The molecule has 3 nitrogen and oxygen atoms in total. The molecule has 16 heavy (non-hydrogen) atoms. The van der Waals surface area contributed by atoms with Gasteiger partial charge in [0.05, 0.1) is 11.1 Å². The van der Waals surface area contributed by atoms with Crippen LogP contribution in [0.1, 0.15) is 5.56 Å². The third-order valence-corrected chi connectivity index (χ3v) is 2.01. The average molecular weight is 226 g/mol. The lowest BCUT2D eigenvalue weighted by atomic mass is 10.2. The number of nitriles is 1. The molecule has 0 aliphatic carbocycles. The zero-order valence-electron chi connectivity index (χ0n) is 7.80. The van der Waals surface area contributed by atoms with Crippen molar-refractivity contribution < 1.29 is 17.9 Å². The molecule has 0 amide bonds. The molecule has 1 N–H and O–H groups in total. The molecule has 6 heteroatoms. The van der Waals surface area contributed by atoms with Crippen LogP contribution in [0.25, 0.3) is 10.9 Å². The summed E-state index contributed by atoms with van der Waals surface area (Å²) in [5.74, 6) is -0.314. The minimum absolute atomic E-state index is 0.314. The fourth-order valence-electron chi connectivity index (χ4n) is 1.39. The topological polar surface area (TPSA) is 48.8 Å². The fraction of sp³-hybridized carbons (Fsp3) is 0.100. The van der Waals surface area contributed by atoms with Crippen molar-refractivity contribution in [1.29, 1.82) is 5.26 Å². The molecule has 0 saturated heterocycles. The van der Waals surface area contributed by atoms with Crippen molar-refractivity contribution >= 4 is 10.9 Å². The van der Waals surface area contributed by atoms with Crippen LogP contribution in [0, 0.1) is 11.3 Å². The van der Waals surface area contributed by atoms with E-state index in [4.69, 9.17) is 5.26 Å². The molecule has 0 unspecified atom stereocenters. The zero-order valence-corrected chi connectivity index (χ0v) is 7.80. The quantitative estimate of drug-likeness (QED) is 0.812. The predicted octanol–water partition coefficient (Wildman–Crippen LogP) is 2.94. The van der Waals surface area contributed by atoms with E-state index in [1.165, 1.54) is 24.4 Å². The number of hydrogen-bond donors (Lipinski definition) is 1. The summed E-state index contributed by atoms with van der Waals surface area (Å²) >= 11 is 0. The Morgan fingerprint density at radius 2 is 2.06 bits per heavy atom. The van der Waals surface area contributed by atoms with Crippen molar-refractivity contribution in [3.8, 4) is 11.8 Å². The Labute approximate surface area is 88.1 Å². The van der Waals surface area contributed by atoms with E-state index < -0.39 is 6.36 Å². The van der Waals surface area contributed by atoms with Gasteiger partial charge in [0.25, 0.3) is 0 Å². The number of ether oxygens (including phenoxy) is 1. The summed E-state index contributed by atoms with van der Waals surface area (Å²) in [5.41, 5.74) is 0.812. The maximum atomic E-state index is 11.9. The number of benzene rings is 1. The van der Waals surface area contributed by atoms with Gasteiger partial charge in [0.1, 0.15) is 11.8 Å². The summed E-state index contributed by atoms with van der Waals surface area (Å²) in [7, 11) is 0. The molecule has 2 aromatic rings. The maximum absolute atomic E-state index is 11.9. The van der Waals surface area contributed by atoms with Crippen molar-refractivity contribution in [3.63, 3.8) is 0 Å². The Hall–Kier alpha value is -2.16. The van der Waals surface area contributed by atoms with Crippen molar-refractivity contribution in [1.82, 2.24) is 4.98 Å². The highest BCUT2D eigenvalue weighted by Gasteiger charge is 2.31. The Bertz CT molecular complexity index is 565. The van der Waals surface area contributed by atoms with Gasteiger partial charge in [0.15, 0.2) is 0 Å². The zero-order chi connectivity index (χ0) is 11.8. The molecule has 0 fully saturated rings. The first-order valence-corrected chi connectivity index (χ1v) is 4.26. The number of hydrogen-bond acceptors (Lipinski definition) is 2. The summed E-state index contributed by atoms with van der Waals surface area (Å²) in [6, 6.07) is 5.70. The molecule has 0 aliphatic rings. The van der Waals surface area contributed by atoms with E-state index in [0.717, 1.165) is 0 Å². The number of nitrogens with one attached hydrogen (secondary N) is 1. The third-order valence-electron chi connectivity index (χ3n) is 2.01.